The van der Waals surface area contributed by atoms with Gasteiger partial charge in [0.05, 0.1) is 5.56 Å². The number of halogens is 6. The van der Waals surface area contributed by atoms with Crippen molar-refractivity contribution in [2.75, 3.05) is 5.43 Å². The summed E-state index contributed by atoms with van der Waals surface area (Å²) in [5, 5.41) is 0. The third kappa shape index (κ3) is 2.75. The first-order chi connectivity index (χ1) is 7.14. The SMILES string of the molecule is NNc1cc(C(F)(F)F)cc(C(F)(F)F)n1. The molecule has 1 rings (SSSR count). The molecule has 0 amide bonds. The second-order valence-electron chi connectivity index (χ2n) is 2.77. The zero-order valence-electron chi connectivity index (χ0n) is 7.45. The van der Waals surface area contributed by atoms with Crippen molar-refractivity contribution < 1.29 is 26.3 Å². The Morgan fingerprint density at radius 2 is 1.56 bits per heavy atom. The molecule has 1 aromatic rings. The van der Waals surface area contributed by atoms with E-state index in [0.29, 0.717) is 6.07 Å². The molecule has 0 aromatic carbocycles. The summed E-state index contributed by atoms with van der Waals surface area (Å²) in [5.41, 5.74) is -1.49. The number of anilines is 1. The molecule has 0 bridgehead atoms. The van der Waals surface area contributed by atoms with Crippen molar-refractivity contribution in [2.45, 2.75) is 12.4 Å². The molecule has 0 saturated carbocycles. The van der Waals surface area contributed by atoms with Gasteiger partial charge in [-0.05, 0) is 12.1 Å². The molecule has 0 fully saturated rings. The lowest BCUT2D eigenvalue weighted by atomic mass is 10.2. The zero-order chi connectivity index (χ0) is 12.6. The van der Waals surface area contributed by atoms with E-state index in [1.54, 1.807) is 5.43 Å². The van der Waals surface area contributed by atoms with E-state index in [4.69, 9.17) is 5.84 Å². The molecular formula is C7H5F6N3. The third-order valence-corrected chi connectivity index (χ3v) is 1.59. The Morgan fingerprint density at radius 3 is 1.94 bits per heavy atom. The minimum absolute atomic E-state index is 0.0825. The van der Waals surface area contributed by atoms with Crippen LogP contribution < -0.4 is 11.3 Å². The van der Waals surface area contributed by atoms with Crippen LogP contribution in [0.15, 0.2) is 12.1 Å². The fraction of sp³-hybridized carbons (Fsp3) is 0.286. The van der Waals surface area contributed by atoms with E-state index in [2.05, 4.69) is 4.98 Å². The molecule has 16 heavy (non-hydrogen) atoms. The average Bonchev–Trinajstić information content (AvgIpc) is 2.14. The van der Waals surface area contributed by atoms with Gasteiger partial charge in [-0.1, -0.05) is 0 Å². The third-order valence-electron chi connectivity index (χ3n) is 1.59. The van der Waals surface area contributed by atoms with Gasteiger partial charge in [0.1, 0.15) is 11.5 Å². The molecule has 0 atom stereocenters. The first-order valence-electron chi connectivity index (χ1n) is 3.77. The van der Waals surface area contributed by atoms with Crippen LogP contribution in [0.25, 0.3) is 0 Å². The lowest BCUT2D eigenvalue weighted by molar-refractivity contribution is -0.145. The summed E-state index contributed by atoms with van der Waals surface area (Å²) < 4.78 is 73.1. The molecule has 0 unspecified atom stereocenters. The summed E-state index contributed by atoms with van der Waals surface area (Å²) in [5.74, 6) is 4.02. The maximum Gasteiger partial charge on any atom is 0.433 e. The molecule has 0 spiro atoms. The fourth-order valence-electron chi connectivity index (χ4n) is 0.913. The molecule has 9 heteroatoms. The standard InChI is InChI=1S/C7H5F6N3/c8-6(9,10)3-1-4(7(11,12)13)15-5(2-3)16-14/h1-2H,14H2,(H,15,16). The number of nitrogens with one attached hydrogen (secondary N) is 1. The number of nitrogens with two attached hydrogens (primary N) is 1. The van der Waals surface area contributed by atoms with Gasteiger partial charge in [0.25, 0.3) is 0 Å². The summed E-state index contributed by atoms with van der Waals surface area (Å²) in [6.45, 7) is 0. The second-order valence-corrected chi connectivity index (χ2v) is 2.77. The van der Waals surface area contributed by atoms with Gasteiger partial charge in [0.15, 0.2) is 0 Å². The van der Waals surface area contributed by atoms with Crippen LogP contribution in [0.5, 0.6) is 0 Å². The number of pyridine rings is 1. The van der Waals surface area contributed by atoms with Gasteiger partial charge in [-0.2, -0.15) is 26.3 Å². The highest BCUT2D eigenvalue weighted by Crippen LogP contribution is 2.35. The number of aromatic nitrogens is 1. The zero-order valence-corrected chi connectivity index (χ0v) is 7.45. The number of nitrogens with zero attached hydrogens (tertiary/aromatic N) is 1. The van der Waals surface area contributed by atoms with Crippen LogP contribution in [0.4, 0.5) is 32.2 Å². The average molecular weight is 245 g/mol. The highest BCUT2D eigenvalue weighted by atomic mass is 19.4. The van der Waals surface area contributed by atoms with Crippen LogP contribution in [-0.4, -0.2) is 4.98 Å². The minimum Gasteiger partial charge on any atom is -0.308 e. The van der Waals surface area contributed by atoms with E-state index in [9.17, 15) is 26.3 Å². The van der Waals surface area contributed by atoms with Gasteiger partial charge in [0.2, 0.25) is 0 Å². The van der Waals surface area contributed by atoms with Crippen LogP contribution in [0.2, 0.25) is 0 Å². The maximum atomic E-state index is 12.2. The minimum atomic E-state index is -4.97. The molecule has 0 aliphatic heterocycles. The lowest BCUT2D eigenvalue weighted by Gasteiger charge is -2.12. The molecule has 0 aliphatic rings. The summed E-state index contributed by atoms with van der Waals surface area (Å²) in [7, 11) is 0. The van der Waals surface area contributed by atoms with E-state index in [1.165, 1.54) is 0 Å². The number of hydrazine groups is 1. The monoisotopic (exact) mass is 245 g/mol. The summed E-state index contributed by atoms with van der Waals surface area (Å²) in [6, 6.07) is 0.302. The van der Waals surface area contributed by atoms with Gasteiger partial charge in [-0.15, -0.1) is 0 Å². The summed E-state index contributed by atoms with van der Waals surface area (Å²) in [4.78, 5) is 2.88. The maximum absolute atomic E-state index is 12.2. The van der Waals surface area contributed by atoms with Crippen LogP contribution >= 0.6 is 0 Å². The first-order valence-corrected chi connectivity index (χ1v) is 3.77. The topological polar surface area (TPSA) is 50.9 Å². The fourth-order valence-corrected chi connectivity index (χ4v) is 0.913. The van der Waals surface area contributed by atoms with Crippen molar-refractivity contribution >= 4 is 5.82 Å². The molecule has 3 N–H and O–H groups in total. The molecular weight excluding hydrogens is 240 g/mol. The van der Waals surface area contributed by atoms with Crippen LogP contribution in [0, 0.1) is 0 Å². The van der Waals surface area contributed by atoms with Crippen molar-refractivity contribution in [1.29, 1.82) is 0 Å². The molecule has 3 nitrogen and oxygen atoms in total. The summed E-state index contributed by atoms with van der Waals surface area (Å²) in [6.07, 6.45) is -9.86. The van der Waals surface area contributed by atoms with Gasteiger partial charge in [-0.25, -0.2) is 10.8 Å². The van der Waals surface area contributed by atoms with Crippen molar-refractivity contribution in [3.8, 4) is 0 Å². The molecule has 0 saturated heterocycles. The largest absolute Gasteiger partial charge is 0.433 e. The molecule has 1 aromatic heterocycles. The van der Waals surface area contributed by atoms with Crippen LogP contribution in [-0.2, 0) is 12.4 Å². The van der Waals surface area contributed by atoms with Crippen molar-refractivity contribution in [1.82, 2.24) is 4.98 Å². The van der Waals surface area contributed by atoms with E-state index in [1.807, 2.05) is 0 Å². The highest BCUT2D eigenvalue weighted by molar-refractivity contribution is 5.40. The molecule has 0 radical (unpaired) electrons. The Bertz CT molecular complexity index is 350. The molecule has 90 valence electrons. The van der Waals surface area contributed by atoms with Gasteiger partial charge < -0.3 is 5.43 Å². The second kappa shape index (κ2) is 3.81. The van der Waals surface area contributed by atoms with E-state index < -0.39 is 29.4 Å². The number of hydrogen-bond donors (Lipinski definition) is 2. The Balaban J connectivity index is 3.33. The van der Waals surface area contributed by atoms with Gasteiger partial charge >= 0.3 is 12.4 Å². The molecule has 0 aliphatic carbocycles. The van der Waals surface area contributed by atoms with E-state index in [0.717, 1.165) is 0 Å². The Kier molecular flexibility index (Phi) is 2.99. The number of hydrogen-bond acceptors (Lipinski definition) is 3. The predicted molar refractivity (Wildman–Crippen MR) is 42.1 cm³/mol. The van der Waals surface area contributed by atoms with Gasteiger partial charge in [-0.3, -0.25) is 0 Å². The number of alkyl halides is 6. The highest BCUT2D eigenvalue weighted by Gasteiger charge is 2.38. The van der Waals surface area contributed by atoms with Crippen molar-refractivity contribution in [2.24, 2.45) is 5.84 Å². The smallest absolute Gasteiger partial charge is 0.308 e. The quantitative estimate of drug-likeness (QED) is 0.453. The van der Waals surface area contributed by atoms with Crippen molar-refractivity contribution in [3.05, 3.63) is 23.4 Å². The van der Waals surface area contributed by atoms with E-state index >= 15 is 0 Å². The normalized spacial score (nSPS) is 12.7. The van der Waals surface area contributed by atoms with Crippen LogP contribution in [0.3, 0.4) is 0 Å². The lowest BCUT2D eigenvalue weighted by Crippen LogP contribution is -2.17. The van der Waals surface area contributed by atoms with Crippen LogP contribution in [0.1, 0.15) is 11.3 Å². The van der Waals surface area contributed by atoms with Gasteiger partial charge in [0, 0.05) is 0 Å². The number of rotatable bonds is 1. The number of nitrogen functional groups attached to an aromatic ring is 1. The first kappa shape index (κ1) is 12.6. The Hall–Kier alpha value is -1.51. The predicted octanol–water partition coefficient (Wildman–Crippen LogP) is 2.40. The summed E-state index contributed by atoms with van der Waals surface area (Å²) >= 11 is 0. The molecule has 1 heterocycles. The Labute approximate surface area is 85.2 Å². The Morgan fingerprint density at radius 1 is 1.00 bits per heavy atom. The van der Waals surface area contributed by atoms with Crippen molar-refractivity contribution in [3.63, 3.8) is 0 Å². The van der Waals surface area contributed by atoms with E-state index in [-0.39, 0.29) is 6.07 Å².